The molecule has 0 spiro atoms. The normalized spacial score (nSPS) is 15.3. The lowest BCUT2D eigenvalue weighted by molar-refractivity contribution is -0.125. The molecule has 3 rings (SSSR count). The van der Waals surface area contributed by atoms with Gasteiger partial charge in [0.05, 0.1) is 0 Å². The Morgan fingerprint density at radius 3 is 2.50 bits per heavy atom. The molecule has 1 saturated heterocycles. The highest BCUT2D eigenvalue weighted by atomic mass is 16.2. The van der Waals surface area contributed by atoms with Crippen LogP contribution in [0.2, 0.25) is 0 Å². The highest BCUT2D eigenvalue weighted by Gasteiger charge is 2.23. The largest absolute Gasteiger partial charge is 0.354 e. The zero-order valence-corrected chi connectivity index (χ0v) is 17.4. The molecule has 0 saturated carbocycles. The summed E-state index contributed by atoms with van der Waals surface area (Å²) in [6.45, 7) is 11.6. The van der Waals surface area contributed by atoms with Gasteiger partial charge in [-0.15, -0.1) is 0 Å². The van der Waals surface area contributed by atoms with Gasteiger partial charge in [0, 0.05) is 43.5 Å². The molecule has 1 aliphatic rings. The fourth-order valence-corrected chi connectivity index (χ4v) is 3.81. The van der Waals surface area contributed by atoms with Crippen molar-refractivity contribution >= 4 is 17.8 Å². The molecule has 0 aliphatic carbocycles. The second-order valence-corrected chi connectivity index (χ2v) is 7.66. The van der Waals surface area contributed by atoms with Crippen LogP contribution in [0.25, 0.3) is 6.08 Å². The Morgan fingerprint density at radius 2 is 1.79 bits per heavy atom. The zero-order chi connectivity index (χ0) is 20.1. The van der Waals surface area contributed by atoms with E-state index in [2.05, 4.69) is 30.7 Å². The van der Waals surface area contributed by atoms with Gasteiger partial charge in [0.1, 0.15) is 11.6 Å². The van der Waals surface area contributed by atoms with Gasteiger partial charge in [0.25, 0.3) is 0 Å². The Kier molecular flexibility index (Phi) is 6.45. The lowest BCUT2D eigenvalue weighted by Crippen LogP contribution is -2.35. The van der Waals surface area contributed by atoms with Crippen molar-refractivity contribution in [3.8, 4) is 0 Å². The minimum atomic E-state index is 0.0739. The van der Waals surface area contributed by atoms with Crippen molar-refractivity contribution in [3.63, 3.8) is 0 Å². The highest BCUT2D eigenvalue weighted by molar-refractivity contribution is 5.91. The molecule has 5 heteroatoms. The van der Waals surface area contributed by atoms with E-state index in [-0.39, 0.29) is 5.91 Å². The quantitative estimate of drug-likeness (QED) is 0.756. The maximum Gasteiger partial charge on any atom is 0.246 e. The molecule has 1 aliphatic heterocycles. The van der Waals surface area contributed by atoms with Gasteiger partial charge in [-0.2, -0.15) is 0 Å². The van der Waals surface area contributed by atoms with E-state index in [0.717, 1.165) is 49.0 Å². The van der Waals surface area contributed by atoms with Gasteiger partial charge in [-0.25, -0.2) is 9.97 Å². The molecule has 0 N–H and O–H groups in total. The summed E-state index contributed by atoms with van der Waals surface area (Å²) >= 11 is 0. The first-order valence-electron chi connectivity index (χ1n) is 10.1. The number of rotatable bonds is 4. The van der Waals surface area contributed by atoms with Gasteiger partial charge >= 0.3 is 0 Å². The van der Waals surface area contributed by atoms with E-state index in [9.17, 15) is 4.79 Å². The smallest absolute Gasteiger partial charge is 0.246 e. The number of aryl methyl sites for hydroxylation is 2. The Hall–Kier alpha value is -2.69. The van der Waals surface area contributed by atoms with Crippen molar-refractivity contribution < 1.29 is 4.79 Å². The van der Waals surface area contributed by atoms with Crippen molar-refractivity contribution in [1.82, 2.24) is 14.9 Å². The average Bonchev–Trinajstić information content (AvgIpc) is 2.92. The molecule has 1 amide bonds. The first-order valence-corrected chi connectivity index (χ1v) is 10.1. The highest BCUT2D eigenvalue weighted by Crippen LogP contribution is 2.28. The van der Waals surface area contributed by atoms with Gasteiger partial charge in [-0.1, -0.05) is 44.2 Å². The molecular formula is C23H30N4O. The summed E-state index contributed by atoms with van der Waals surface area (Å²) in [6.07, 6.45) is 4.51. The number of carbonyl (C=O) groups is 1. The summed E-state index contributed by atoms with van der Waals surface area (Å²) in [5.74, 6) is 2.28. The average molecular weight is 379 g/mol. The van der Waals surface area contributed by atoms with Crippen LogP contribution >= 0.6 is 0 Å². The van der Waals surface area contributed by atoms with Crippen molar-refractivity contribution in [2.24, 2.45) is 0 Å². The van der Waals surface area contributed by atoms with E-state index in [0.29, 0.717) is 12.5 Å². The van der Waals surface area contributed by atoms with Crippen LogP contribution in [0, 0.1) is 13.8 Å². The molecule has 148 valence electrons. The van der Waals surface area contributed by atoms with Crippen molar-refractivity contribution in [3.05, 3.63) is 59.1 Å². The van der Waals surface area contributed by atoms with Crippen LogP contribution in [0.15, 0.2) is 36.4 Å². The van der Waals surface area contributed by atoms with Crippen LogP contribution in [0.4, 0.5) is 5.82 Å². The van der Waals surface area contributed by atoms with Gasteiger partial charge in [0.15, 0.2) is 0 Å². The fourth-order valence-electron chi connectivity index (χ4n) is 3.81. The van der Waals surface area contributed by atoms with Crippen LogP contribution in [0.1, 0.15) is 48.8 Å². The van der Waals surface area contributed by atoms with Crippen LogP contribution < -0.4 is 4.90 Å². The zero-order valence-electron chi connectivity index (χ0n) is 17.4. The third-order valence-corrected chi connectivity index (χ3v) is 5.13. The van der Waals surface area contributed by atoms with Gasteiger partial charge in [-0.3, -0.25) is 4.79 Å². The molecule has 5 nitrogen and oxygen atoms in total. The minimum Gasteiger partial charge on any atom is -0.354 e. The van der Waals surface area contributed by atoms with E-state index in [1.807, 2.05) is 48.2 Å². The molecular weight excluding hydrogens is 348 g/mol. The second kappa shape index (κ2) is 9.00. The molecule has 2 heterocycles. The van der Waals surface area contributed by atoms with Crippen LogP contribution in [-0.2, 0) is 4.79 Å². The number of carbonyl (C=O) groups excluding carboxylic acids is 1. The van der Waals surface area contributed by atoms with Gasteiger partial charge in [-0.05, 0) is 37.8 Å². The van der Waals surface area contributed by atoms with E-state index in [1.165, 1.54) is 5.56 Å². The lowest BCUT2D eigenvalue weighted by atomic mass is 10.0. The molecule has 0 atom stereocenters. The van der Waals surface area contributed by atoms with Gasteiger partial charge < -0.3 is 9.80 Å². The topological polar surface area (TPSA) is 49.3 Å². The number of hydrogen-bond acceptors (Lipinski definition) is 4. The van der Waals surface area contributed by atoms with Crippen molar-refractivity contribution in [2.75, 3.05) is 31.1 Å². The first kappa shape index (κ1) is 20.1. The predicted molar refractivity (Wildman–Crippen MR) is 114 cm³/mol. The summed E-state index contributed by atoms with van der Waals surface area (Å²) in [4.78, 5) is 26.2. The van der Waals surface area contributed by atoms with E-state index in [1.54, 1.807) is 6.08 Å². The van der Waals surface area contributed by atoms with Gasteiger partial charge in [0.2, 0.25) is 5.91 Å². The molecule has 1 fully saturated rings. The lowest BCUT2D eigenvalue weighted by Gasteiger charge is -2.27. The third-order valence-electron chi connectivity index (χ3n) is 5.13. The maximum atomic E-state index is 12.6. The number of anilines is 1. The number of amides is 1. The first-order chi connectivity index (χ1) is 13.5. The molecule has 2 aromatic rings. The number of hydrogen-bond donors (Lipinski definition) is 0. The molecule has 0 unspecified atom stereocenters. The molecule has 28 heavy (non-hydrogen) atoms. The summed E-state index contributed by atoms with van der Waals surface area (Å²) < 4.78 is 0. The fraction of sp³-hybridized carbons (Fsp3) is 0.435. The molecule has 0 bridgehead atoms. The van der Waals surface area contributed by atoms with Crippen molar-refractivity contribution in [1.29, 1.82) is 0 Å². The Labute approximate surface area is 168 Å². The van der Waals surface area contributed by atoms with Crippen LogP contribution in [-0.4, -0.2) is 47.0 Å². The summed E-state index contributed by atoms with van der Waals surface area (Å²) in [7, 11) is 0. The molecule has 0 radical (unpaired) electrons. The van der Waals surface area contributed by atoms with E-state index < -0.39 is 0 Å². The predicted octanol–water partition coefficient (Wildman–Crippen LogP) is 3.97. The SMILES string of the molecule is Cc1nc(C)c(C(C)C)c(N2CCCN(C(=O)C=Cc3ccccc3)CC2)n1. The second-order valence-electron chi connectivity index (χ2n) is 7.66. The molecule has 1 aromatic heterocycles. The summed E-state index contributed by atoms with van der Waals surface area (Å²) in [5.41, 5.74) is 3.32. The Bertz CT molecular complexity index is 845. The summed E-state index contributed by atoms with van der Waals surface area (Å²) in [6, 6.07) is 9.94. The van der Waals surface area contributed by atoms with E-state index >= 15 is 0 Å². The maximum absolute atomic E-state index is 12.6. The Morgan fingerprint density at radius 1 is 1.04 bits per heavy atom. The van der Waals surface area contributed by atoms with Crippen LogP contribution in [0.3, 0.4) is 0 Å². The number of nitrogens with zero attached hydrogens (tertiary/aromatic N) is 4. The minimum absolute atomic E-state index is 0.0739. The Balaban J connectivity index is 1.72. The monoisotopic (exact) mass is 378 g/mol. The summed E-state index contributed by atoms with van der Waals surface area (Å²) in [5, 5.41) is 0. The standard InChI is InChI=1S/C23H30N4O/c1-17(2)22-18(3)24-19(4)25-23(22)27-14-8-13-26(15-16-27)21(28)12-11-20-9-6-5-7-10-20/h5-7,9-12,17H,8,13-16H2,1-4H3. The van der Waals surface area contributed by atoms with Crippen molar-refractivity contribution in [2.45, 2.75) is 40.0 Å². The van der Waals surface area contributed by atoms with E-state index in [4.69, 9.17) is 4.98 Å². The number of aromatic nitrogens is 2. The molecule has 1 aromatic carbocycles. The third kappa shape index (κ3) is 4.77. The number of benzene rings is 1. The van der Waals surface area contributed by atoms with Crippen LogP contribution in [0.5, 0.6) is 0 Å².